The van der Waals surface area contributed by atoms with E-state index in [2.05, 4.69) is 20.4 Å². The highest BCUT2D eigenvalue weighted by Crippen LogP contribution is 2.43. The average Bonchev–Trinajstić information content (AvgIpc) is 3.19. The van der Waals surface area contributed by atoms with Crippen molar-refractivity contribution in [1.82, 2.24) is 25.1 Å². The first-order valence-electron chi connectivity index (χ1n) is 9.52. The molecule has 0 bridgehead atoms. The highest BCUT2D eigenvalue weighted by molar-refractivity contribution is 5.46. The molecule has 1 aliphatic heterocycles. The average molecular weight is 341 g/mol. The van der Waals surface area contributed by atoms with E-state index in [1.165, 1.54) is 38.5 Å². The van der Waals surface area contributed by atoms with Gasteiger partial charge in [-0.05, 0) is 61.3 Å². The molecule has 1 aromatic carbocycles. The number of ether oxygens (including phenoxy) is 1. The summed E-state index contributed by atoms with van der Waals surface area (Å²) in [6.45, 7) is 2.30. The lowest BCUT2D eigenvalue weighted by atomic mass is 9.78. The van der Waals surface area contributed by atoms with Crippen molar-refractivity contribution in [2.24, 2.45) is 0 Å². The van der Waals surface area contributed by atoms with Crippen molar-refractivity contribution in [1.29, 1.82) is 0 Å². The first-order chi connectivity index (χ1) is 12.3. The molecule has 2 aliphatic rings. The molecule has 2 aromatic rings. The summed E-state index contributed by atoms with van der Waals surface area (Å²) in [5, 5.41) is 13.0. The number of hydrogen-bond donors (Lipinski definition) is 0. The Morgan fingerprint density at radius 2 is 1.68 bits per heavy atom. The molecule has 0 amide bonds. The Morgan fingerprint density at radius 1 is 0.960 bits per heavy atom. The topological polar surface area (TPSA) is 56.1 Å². The van der Waals surface area contributed by atoms with E-state index in [-0.39, 0.29) is 5.54 Å². The van der Waals surface area contributed by atoms with Gasteiger partial charge in [-0.15, -0.1) is 5.10 Å². The lowest BCUT2D eigenvalue weighted by Gasteiger charge is -2.47. The van der Waals surface area contributed by atoms with Gasteiger partial charge in [0.1, 0.15) is 11.4 Å². The standard InChI is InChI=1S/C19H27N5O/c1-25-17-11-5-4-10-16(17)24-18(20-21-22-24)19(12-6-2-7-13-19)23-14-8-3-9-15-23/h4-5,10-11H,2-3,6-9,12-15H2,1H3. The van der Waals surface area contributed by atoms with E-state index >= 15 is 0 Å². The smallest absolute Gasteiger partial charge is 0.177 e. The van der Waals surface area contributed by atoms with Gasteiger partial charge in [0, 0.05) is 0 Å². The first-order valence-corrected chi connectivity index (χ1v) is 9.52. The quantitative estimate of drug-likeness (QED) is 0.854. The van der Waals surface area contributed by atoms with Gasteiger partial charge >= 0.3 is 0 Å². The zero-order valence-corrected chi connectivity index (χ0v) is 15.0. The number of aromatic nitrogens is 4. The highest BCUT2D eigenvalue weighted by Gasteiger charge is 2.44. The van der Waals surface area contributed by atoms with Gasteiger partial charge < -0.3 is 4.74 Å². The Bertz CT molecular complexity index is 701. The maximum Gasteiger partial charge on any atom is 0.177 e. The van der Waals surface area contributed by atoms with Gasteiger partial charge in [0.2, 0.25) is 0 Å². The van der Waals surface area contributed by atoms with Crippen LogP contribution >= 0.6 is 0 Å². The molecule has 0 spiro atoms. The van der Waals surface area contributed by atoms with Gasteiger partial charge in [0.25, 0.3) is 0 Å². The largest absolute Gasteiger partial charge is 0.494 e. The second kappa shape index (κ2) is 7.12. The van der Waals surface area contributed by atoms with Crippen LogP contribution in [0.2, 0.25) is 0 Å². The zero-order valence-electron chi connectivity index (χ0n) is 15.0. The highest BCUT2D eigenvalue weighted by atomic mass is 16.5. The van der Waals surface area contributed by atoms with Crippen LogP contribution in [-0.4, -0.2) is 45.3 Å². The molecule has 1 aromatic heterocycles. The number of rotatable bonds is 4. The molecular formula is C19H27N5O. The number of nitrogens with zero attached hydrogens (tertiary/aromatic N) is 5. The predicted octanol–water partition coefficient (Wildman–Crippen LogP) is 3.32. The molecule has 0 radical (unpaired) electrons. The van der Waals surface area contributed by atoms with Crippen LogP contribution in [0.5, 0.6) is 5.75 Å². The lowest BCUT2D eigenvalue weighted by molar-refractivity contribution is 0.0213. The molecule has 0 N–H and O–H groups in total. The van der Waals surface area contributed by atoms with Crippen molar-refractivity contribution in [3.8, 4) is 11.4 Å². The number of tetrazole rings is 1. The molecule has 1 saturated carbocycles. The van der Waals surface area contributed by atoms with Gasteiger partial charge in [-0.2, -0.15) is 4.68 Å². The predicted molar refractivity (Wildman–Crippen MR) is 95.9 cm³/mol. The summed E-state index contributed by atoms with van der Waals surface area (Å²) in [5.41, 5.74) is 0.884. The Balaban J connectivity index is 1.80. The Labute approximate surface area is 149 Å². The minimum atomic E-state index is -0.0387. The summed E-state index contributed by atoms with van der Waals surface area (Å²) in [6.07, 6.45) is 9.97. The van der Waals surface area contributed by atoms with Gasteiger partial charge in [-0.1, -0.05) is 37.8 Å². The summed E-state index contributed by atoms with van der Waals surface area (Å²) in [6, 6.07) is 7.99. The third kappa shape index (κ3) is 2.92. The molecule has 134 valence electrons. The SMILES string of the molecule is COc1ccccc1-n1nnnc1C1(N2CCCCC2)CCCCC1. The van der Waals surface area contributed by atoms with Crippen LogP contribution in [0.3, 0.4) is 0 Å². The Morgan fingerprint density at radius 3 is 2.44 bits per heavy atom. The van der Waals surface area contributed by atoms with E-state index in [1.807, 2.05) is 28.9 Å². The minimum absolute atomic E-state index is 0.0387. The van der Waals surface area contributed by atoms with Crippen molar-refractivity contribution in [3.05, 3.63) is 30.1 Å². The fraction of sp³-hybridized carbons (Fsp3) is 0.632. The Kier molecular flexibility index (Phi) is 4.70. The van der Waals surface area contributed by atoms with Crippen molar-refractivity contribution in [3.63, 3.8) is 0 Å². The first kappa shape index (κ1) is 16.5. The van der Waals surface area contributed by atoms with Gasteiger partial charge in [-0.3, -0.25) is 4.90 Å². The van der Waals surface area contributed by atoms with Crippen LogP contribution in [0.1, 0.15) is 57.2 Å². The second-order valence-corrected chi connectivity index (χ2v) is 7.23. The van der Waals surface area contributed by atoms with Crippen LogP contribution in [0.15, 0.2) is 24.3 Å². The number of likely N-dealkylation sites (tertiary alicyclic amines) is 1. The van der Waals surface area contributed by atoms with Crippen LogP contribution < -0.4 is 4.74 Å². The molecule has 1 saturated heterocycles. The van der Waals surface area contributed by atoms with Gasteiger partial charge in [0.15, 0.2) is 5.82 Å². The molecule has 4 rings (SSSR count). The van der Waals surface area contributed by atoms with Crippen molar-refractivity contribution in [2.75, 3.05) is 20.2 Å². The number of hydrogen-bond acceptors (Lipinski definition) is 5. The van der Waals surface area contributed by atoms with Crippen LogP contribution in [0.4, 0.5) is 0 Å². The van der Waals surface area contributed by atoms with E-state index in [4.69, 9.17) is 4.74 Å². The maximum atomic E-state index is 5.56. The monoisotopic (exact) mass is 341 g/mol. The van der Waals surface area contributed by atoms with Crippen LogP contribution in [-0.2, 0) is 5.54 Å². The molecule has 0 atom stereocenters. The van der Waals surface area contributed by atoms with Crippen molar-refractivity contribution >= 4 is 0 Å². The van der Waals surface area contributed by atoms with Gasteiger partial charge in [-0.25, -0.2) is 0 Å². The number of para-hydroxylation sites is 2. The van der Waals surface area contributed by atoms with E-state index in [0.717, 1.165) is 43.2 Å². The molecule has 25 heavy (non-hydrogen) atoms. The van der Waals surface area contributed by atoms with Crippen molar-refractivity contribution < 1.29 is 4.74 Å². The molecule has 6 nitrogen and oxygen atoms in total. The normalized spacial score (nSPS) is 21.2. The number of methoxy groups -OCH3 is 1. The minimum Gasteiger partial charge on any atom is -0.494 e. The van der Waals surface area contributed by atoms with E-state index in [9.17, 15) is 0 Å². The summed E-state index contributed by atoms with van der Waals surface area (Å²) >= 11 is 0. The summed E-state index contributed by atoms with van der Waals surface area (Å²) in [4.78, 5) is 2.66. The van der Waals surface area contributed by atoms with E-state index in [0.29, 0.717) is 0 Å². The van der Waals surface area contributed by atoms with Crippen molar-refractivity contribution in [2.45, 2.75) is 56.9 Å². The summed E-state index contributed by atoms with van der Waals surface area (Å²) in [7, 11) is 1.70. The lowest BCUT2D eigenvalue weighted by Crippen LogP contribution is -2.51. The second-order valence-electron chi connectivity index (χ2n) is 7.23. The van der Waals surface area contributed by atoms with Gasteiger partial charge in [0.05, 0.1) is 12.6 Å². The molecule has 0 unspecified atom stereocenters. The number of piperidine rings is 1. The molecule has 6 heteroatoms. The molecule has 2 heterocycles. The Hall–Kier alpha value is -1.95. The fourth-order valence-corrected chi connectivity index (χ4v) is 4.58. The third-order valence-corrected chi connectivity index (χ3v) is 5.84. The molecular weight excluding hydrogens is 314 g/mol. The molecule has 2 fully saturated rings. The van der Waals surface area contributed by atoms with E-state index in [1.54, 1.807) is 7.11 Å². The van der Waals surface area contributed by atoms with Crippen LogP contribution in [0, 0.1) is 0 Å². The fourth-order valence-electron chi connectivity index (χ4n) is 4.58. The third-order valence-electron chi connectivity index (χ3n) is 5.84. The zero-order chi connectivity index (χ0) is 17.1. The molecule has 1 aliphatic carbocycles. The maximum absolute atomic E-state index is 5.56. The summed E-state index contributed by atoms with van der Waals surface area (Å²) < 4.78 is 7.48. The van der Waals surface area contributed by atoms with E-state index < -0.39 is 0 Å². The number of benzene rings is 1. The van der Waals surface area contributed by atoms with Crippen LogP contribution in [0.25, 0.3) is 5.69 Å². The summed E-state index contributed by atoms with van der Waals surface area (Å²) in [5.74, 6) is 1.79.